The van der Waals surface area contributed by atoms with Gasteiger partial charge in [-0.25, -0.2) is 12.8 Å². The van der Waals surface area contributed by atoms with E-state index in [1.165, 1.54) is 19.4 Å². The molecule has 5 nitrogen and oxygen atoms in total. The lowest BCUT2D eigenvalue weighted by molar-refractivity contribution is 0.281. The monoisotopic (exact) mass is 299 g/mol. The lowest BCUT2D eigenvalue weighted by Gasteiger charge is -2.16. The molecule has 0 saturated heterocycles. The third-order valence-corrected chi connectivity index (χ3v) is 4.66. The van der Waals surface area contributed by atoms with Gasteiger partial charge in [0.1, 0.15) is 16.5 Å². The van der Waals surface area contributed by atoms with Gasteiger partial charge in [-0.2, -0.15) is 4.31 Å². The molecule has 0 radical (unpaired) electrons. The Balaban J connectivity index is 2.30. The molecule has 0 spiro atoms. The number of aliphatic hydroxyl groups is 1. The Kier molecular flexibility index (Phi) is 4.22. The van der Waals surface area contributed by atoms with Gasteiger partial charge in [-0.15, -0.1) is 0 Å². The second kappa shape index (κ2) is 5.74. The van der Waals surface area contributed by atoms with Crippen LogP contribution in [-0.4, -0.2) is 24.9 Å². The van der Waals surface area contributed by atoms with Crippen LogP contribution >= 0.6 is 0 Å². The van der Waals surface area contributed by atoms with E-state index in [1.807, 2.05) is 0 Å². The molecule has 1 N–H and O–H groups in total. The van der Waals surface area contributed by atoms with E-state index in [4.69, 9.17) is 9.52 Å². The first kappa shape index (κ1) is 14.7. The summed E-state index contributed by atoms with van der Waals surface area (Å²) in [6, 6.07) is 6.81. The highest BCUT2D eigenvalue weighted by Gasteiger charge is 2.25. The first-order chi connectivity index (χ1) is 9.45. The smallest absolute Gasteiger partial charge is 0.246 e. The van der Waals surface area contributed by atoms with Crippen LogP contribution in [-0.2, 0) is 23.2 Å². The van der Waals surface area contributed by atoms with E-state index in [0.717, 1.165) is 16.4 Å². The molecule has 20 heavy (non-hydrogen) atoms. The highest BCUT2D eigenvalue weighted by Crippen LogP contribution is 2.21. The van der Waals surface area contributed by atoms with Crippen molar-refractivity contribution in [2.75, 3.05) is 7.05 Å². The Morgan fingerprint density at radius 1 is 1.35 bits per heavy atom. The van der Waals surface area contributed by atoms with Gasteiger partial charge in [0.05, 0.1) is 19.4 Å². The summed E-state index contributed by atoms with van der Waals surface area (Å²) in [7, 11) is -2.61. The van der Waals surface area contributed by atoms with E-state index < -0.39 is 20.7 Å². The molecular weight excluding hydrogens is 285 g/mol. The fraction of sp³-hybridized carbons (Fsp3) is 0.231. The fourth-order valence-corrected chi connectivity index (χ4v) is 2.91. The van der Waals surface area contributed by atoms with Crippen molar-refractivity contribution < 1.29 is 22.3 Å². The van der Waals surface area contributed by atoms with Gasteiger partial charge in [-0.3, -0.25) is 0 Å². The molecule has 2 aromatic rings. The standard InChI is InChI=1S/C13H14FNO4S/c1-15(8-11-3-2-6-19-11)20(17,18)13-5-4-10(9-16)7-12(13)14/h2-7,16H,8-9H2,1H3. The summed E-state index contributed by atoms with van der Waals surface area (Å²) in [5, 5.41) is 8.90. The van der Waals surface area contributed by atoms with Gasteiger partial charge >= 0.3 is 0 Å². The van der Waals surface area contributed by atoms with Gasteiger partial charge < -0.3 is 9.52 Å². The predicted octanol–water partition coefficient (Wildman–Crippen LogP) is 1.73. The molecule has 0 bridgehead atoms. The molecule has 0 amide bonds. The topological polar surface area (TPSA) is 70.8 Å². The van der Waals surface area contributed by atoms with Crippen LogP contribution in [0.4, 0.5) is 4.39 Å². The zero-order chi connectivity index (χ0) is 14.8. The number of hydrogen-bond donors (Lipinski definition) is 1. The van der Waals surface area contributed by atoms with Crippen molar-refractivity contribution in [1.82, 2.24) is 4.31 Å². The Morgan fingerprint density at radius 2 is 2.10 bits per heavy atom. The van der Waals surface area contributed by atoms with Crippen LogP contribution in [0.25, 0.3) is 0 Å². The SMILES string of the molecule is CN(Cc1ccco1)S(=O)(=O)c1ccc(CO)cc1F. The molecule has 0 aliphatic heterocycles. The zero-order valence-corrected chi connectivity index (χ0v) is 11.6. The van der Waals surface area contributed by atoms with Crippen molar-refractivity contribution in [2.24, 2.45) is 0 Å². The molecular formula is C13H14FNO4S. The first-order valence-electron chi connectivity index (χ1n) is 5.83. The van der Waals surface area contributed by atoms with Crippen LogP contribution in [0.3, 0.4) is 0 Å². The number of sulfonamides is 1. The number of nitrogens with zero attached hydrogens (tertiary/aromatic N) is 1. The number of rotatable bonds is 5. The maximum Gasteiger partial charge on any atom is 0.246 e. The highest BCUT2D eigenvalue weighted by atomic mass is 32.2. The number of aliphatic hydroxyl groups excluding tert-OH is 1. The lowest BCUT2D eigenvalue weighted by Crippen LogP contribution is -2.27. The van der Waals surface area contributed by atoms with E-state index in [-0.39, 0.29) is 13.2 Å². The van der Waals surface area contributed by atoms with Crippen molar-refractivity contribution in [3.63, 3.8) is 0 Å². The number of benzene rings is 1. The van der Waals surface area contributed by atoms with Crippen LogP contribution in [0.1, 0.15) is 11.3 Å². The third-order valence-electron chi connectivity index (χ3n) is 2.83. The van der Waals surface area contributed by atoms with Crippen molar-refractivity contribution in [3.05, 3.63) is 53.7 Å². The fourth-order valence-electron chi connectivity index (χ4n) is 1.73. The maximum absolute atomic E-state index is 13.8. The molecule has 7 heteroatoms. The molecule has 0 aliphatic rings. The number of halogens is 1. The molecule has 2 rings (SSSR count). The summed E-state index contributed by atoms with van der Waals surface area (Å²) in [5.74, 6) is -0.425. The van der Waals surface area contributed by atoms with E-state index >= 15 is 0 Å². The van der Waals surface area contributed by atoms with Crippen molar-refractivity contribution in [2.45, 2.75) is 18.0 Å². The minimum Gasteiger partial charge on any atom is -0.468 e. The van der Waals surface area contributed by atoms with E-state index in [1.54, 1.807) is 12.1 Å². The van der Waals surface area contributed by atoms with Crippen LogP contribution in [0.2, 0.25) is 0 Å². The molecule has 0 saturated carbocycles. The summed E-state index contributed by atoms with van der Waals surface area (Å²) >= 11 is 0. The summed E-state index contributed by atoms with van der Waals surface area (Å²) in [6.45, 7) is -0.337. The molecule has 0 aliphatic carbocycles. The van der Waals surface area contributed by atoms with E-state index in [0.29, 0.717) is 11.3 Å². The molecule has 0 atom stereocenters. The normalized spacial score (nSPS) is 12.0. The zero-order valence-electron chi connectivity index (χ0n) is 10.8. The Hall–Kier alpha value is -1.70. The van der Waals surface area contributed by atoms with Gasteiger partial charge in [0, 0.05) is 7.05 Å². The molecule has 1 aromatic heterocycles. The van der Waals surface area contributed by atoms with Gasteiger partial charge in [-0.05, 0) is 29.8 Å². The largest absolute Gasteiger partial charge is 0.468 e. The maximum atomic E-state index is 13.8. The molecule has 1 aromatic carbocycles. The summed E-state index contributed by atoms with van der Waals surface area (Å²) < 4.78 is 44.4. The highest BCUT2D eigenvalue weighted by molar-refractivity contribution is 7.89. The third kappa shape index (κ3) is 2.90. The predicted molar refractivity (Wildman–Crippen MR) is 69.7 cm³/mol. The van der Waals surface area contributed by atoms with Crippen LogP contribution in [0.5, 0.6) is 0 Å². The lowest BCUT2D eigenvalue weighted by atomic mass is 10.2. The Morgan fingerprint density at radius 3 is 2.65 bits per heavy atom. The summed E-state index contributed by atoms with van der Waals surface area (Å²) in [5.41, 5.74) is 0.315. The molecule has 0 unspecified atom stereocenters. The minimum absolute atomic E-state index is 0.0104. The average Bonchev–Trinajstić information content (AvgIpc) is 2.91. The number of furan rings is 1. The Labute approximate surface area is 116 Å². The van der Waals surface area contributed by atoms with Gasteiger partial charge in [0.2, 0.25) is 10.0 Å². The van der Waals surface area contributed by atoms with Crippen LogP contribution < -0.4 is 0 Å². The Bertz CT molecular complexity index is 682. The van der Waals surface area contributed by atoms with Crippen LogP contribution in [0.15, 0.2) is 45.9 Å². The van der Waals surface area contributed by atoms with Crippen molar-refractivity contribution >= 4 is 10.0 Å². The average molecular weight is 299 g/mol. The summed E-state index contributed by atoms with van der Waals surface area (Å²) in [6.07, 6.45) is 1.44. The quantitative estimate of drug-likeness (QED) is 0.913. The minimum atomic E-state index is -3.95. The van der Waals surface area contributed by atoms with E-state index in [9.17, 15) is 12.8 Å². The van der Waals surface area contributed by atoms with Crippen LogP contribution in [0, 0.1) is 5.82 Å². The molecule has 1 heterocycles. The first-order valence-corrected chi connectivity index (χ1v) is 7.27. The second-order valence-corrected chi connectivity index (χ2v) is 6.28. The van der Waals surface area contributed by atoms with Crippen molar-refractivity contribution in [3.8, 4) is 0 Å². The second-order valence-electron chi connectivity index (χ2n) is 4.26. The molecule has 0 fully saturated rings. The number of hydrogen-bond acceptors (Lipinski definition) is 4. The summed E-state index contributed by atoms with van der Waals surface area (Å²) in [4.78, 5) is -0.427. The molecule has 108 valence electrons. The van der Waals surface area contributed by atoms with Crippen molar-refractivity contribution in [1.29, 1.82) is 0 Å². The van der Waals surface area contributed by atoms with E-state index in [2.05, 4.69) is 0 Å². The van der Waals surface area contributed by atoms with Gasteiger partial charge in [0.25, 0.3) is 0 Å². The van der Waals surface area contributed by atoms with Gasteiger partial charge in [0.15, 0.2) is 0 Å². The van der Waals surface area contributed by atoms with Gasteiger partial charge in [-0.1, -0.05) is 6.07 Å².